The fourth-order valence-corrected chi connectivity index (χ4v) is 21.2. The van der Waals surface area contributed by atoms with Crippen LogP contribution in [0.25, 0.3) is 0 Å². The Bertz CT molecular complexity index is 4380. The predicted octanol–water partition coefficient (Wildman–Crippen LogP) is 7.20. The molecule has 4 heterocycles. The van der Waals surface area contributed by atoms with Crippen LogP contribution in [0.4, 0.5) is 15.3 Å². The number of hydrogen-bond donors (Lipinski definition) is 11. The molecule has 127 heavy (non-hydrogen) atoms. The number of unbranched alkanes of at least 4 members (excludes halogenated alkanes) is 1. The number of ether oxygens (including phenoxy) is 12. The molecular weight excluding hydrogens is 1820 g/mol. The smallest absolute Gasteiger partial charge is 0.410 e. The predicted molar refractivity (Wildman–Crippen MR) is 480 cm³/mol. The van der Waals surface area contributed by atoms with Crippen molar-refractivity contribution in [3.05, 3.63) is 67.8 Å². The zero-order valence-electron chi connectivity index (χ0n) is 74.8. The van der Waals surface area contributed by atoms with Gasteiger partial charge in [0.1, 0.15) is 66.2 Å². The number of urea groups is 1. The number of thioether (sulfide) groups is 1. The molecule has 3 aliphatic carbocycles. The van der Waals surface area contributed by atoms with Crippen molar-refractivity contribution in [2.24, 2.45) is 46.5 Å². The second-order valence-electron chi connectivity index (χ2n) is 33.8. The average Bonchev–Trinajstić information content (AvgIpc) is 1.51. The highest BCUT2D eigenvalue weighted by Crippen LogP contribution is 2.70. The summed E-state index contributed by atoms with van der Waals surface area (Å²) < 4.78 is 75.3. The van der Waals surface area contributed by atoms with Gasteiger partial charge in [0.25, 0.3) is 0 Å². The number of allylic oxidation sites excluding steroid dienone is 2. The summed E-state index contributed by atoms with van der Waals surface area (Å²) >= 11 is 2.79. The Hall–Kier alpha value is -6.59. The van der Waals surface area contributed by atoms with Crippen molar-refractivity contribution < 1.29 is 130 Å². The van der Waals surface area contributed by atoms with Crippen LogP contribution in [-0.2, 0) is 82.8 Å². The van der Waals surface area contributed by atoms with E-state index in [0.717, 1.165) is 11.8 Å². The minimum Gasteiger partial charge on any atom is -0.492 e. The SMILES string of the molecule is CCN(C(=O)OCc1ccc(NC(=O)[C@H](CCCNC(N)=O)CC(=O)[C@@H](NC(=O)[C@H](CCCCN)CC(C)=O)C(C)C)cc1)[C@H]1CO[C@@H](O[C@H]2[C@H](O[C@H]3C#C/C=C(/C)C#CC45C(CC(C)=O)C(=O)C[C@]4(O)/C(=C/CSSC(C)C)C35)O[C@H](C)[C@@H](NO[C@H]3C[C@H](O)[C@H](SC(=O)c4c(C)c(I)c(O[C@@H]5O[C@@H](C)[C@H](O)[C@@H](OC)[C@H]5O)c(OC)c4OC)[C@@H](C)O3)[C@@H]2O)C[C@@H]1OC. The molecule has 1 spiro atoms. The van der Waals surface area contributed by atoms with Crippen molar-refractivity contribution in [1.82, 2.24) is 21.0 Å². The molecule has 5 amide bonds. The zero-order valence-corrected chi connectivity index (χ0v) is 79.4. The average molecular weight is 1950 g/mol. The molecule has 2 aromatic carbocycles. The molecule has 0 radical (unpaired) electrons. The maximum Gasteiger partial charge on any atom is 0.410 e. The molecule has 4 saturated heterocycles. The maximum absolute atomic E-state index is 14.7. The van der Waals surface area contributed by atoms with Crippen LogP contribution in [0, 0.1) is 69.2 Å². The third-order valence-electron chi connectivity index (χ3n) is 24.1. The number of nitrogens with zero attached hydrogens (tertiary/aromatic N) is 1. The molecule has 3 unspecified atom stereocenters. The van der Waals surface area contributed by atoms with E-state index >= 15 is 0 Å². The number of aliphatic hydroxyl groups excluding tert-OH is 4. The van der Waals surface area contributed by atoms with Gasteiger partial charge >= 0.3 is 12.1 Å². The molecule has 0 bridgehead atoms. The van der Waals surface area contributed by atoms with Crippen molar-refractivity contribution in [3.8, 4) is 40.9 Å². The van der Waals surface area contributed by atoms with E-state index in [0.29, 0.717) is 63.1 Å². The van der Waals surface area contributed by atoms with Gasteiger partial charge in [-0.3, -0.25) is 28.8 Å². The number of hydroxylamine groups is 1. The number of nitrogens with one attached hydrogen (secondary N) is 4. The summed E-state index contributed by atoms with van der Waals surface area (Å²) in [7, 11) is 8.67. The second kappa shape index (κ2) is 47.7. The van der Waals surface area contributed by atoms with Gasteiger partial charge in [-0.05, 0) is 151 Å². The first-order chi connectivity index (χ1) is 60.3. The number of carbonyl (C=O) groups is 9. The van der Waals surface area contributed by atoms with E-state index in [1.165, 1.54) is 47.2 Å². The number of amides is 5. The summed E-state index contributed by atoms with van der Waals surface area (Å²) in [6, 6.07) is 2.81. The van der Waals surface area contributed by atoms with Crippen molar-refractivity contribution in [2.75, 3.05) is 65.7 Å². The first-order valence-electron chi connectivity index (χ1n) is 43.0. The van der Waals surface area contributed by atoms with E-state index in [2.05, 4.69) is 59.0 Å². The number of likely N-dealkylation sites (N-methyl/N-ethyl adjacent to an activating group) is 1. The summed E-state index contributed by atoms with van der Waals surface area (Å²) in [5.41, 5.74) is 12.9. The number of nitrogens with two attached hydrogens (primary N) is 2. The number of anilines is 1. The lowest BCUT2D eigenvalue weighted by atomic mass is 9.44. The largest absolute Gasteiger partial charge is 0.492 e. The molecule has 2 saturated carbocycles. The summed E-state index contributed by atoms with van der Waals surface area (Å²) in [5, 5.41) is 67.1. The lowest BCUT2D eigenvalue weighted by molar-refractivity contribution is -0.343. The van der Waals surface area contributed by atoms with Crippen molar-refractivity contribution in [3.63, 3.8) is 0 Å². The Labute approximate surface area is 768 Å². The first kappa shape index (κ1) is 104. The van der Waals surface area contributed by atoms with E-state index in [9.17, 15) is 68.7 Å². The van der Waals surface area contributed by atoms with Gasteiger partial charge in [-0.2, -0.15) is 5.48 Å². The van der Waals surface area contributed by atoms with Gasteiger partial charge in [-0.1, -0.05) is 109 Å². The highest BCUT2D eigenvalue weighted by molar-refractivity contribution is 14.1. The van der Waals surface area contributed by atoms with Crippen molar-refractivity contribution in [2.45, 2.75) is 287 Å². The fourth-order valence-electron chi connectivity index (χ4n) is 17.5. The number of Topliss-reactive ketones (excluding diaryl/α,β-unsaturated/α-hetero) is 4. The van der Waals surface area contributed by atoms with Gasteiger partial charge in [0, 0.05) is 112 Å². The highest BCUT2D eigenvalue weighted by atomic mass is 127. The summed E-state index contributed by atoms with van der Waals surface area (Å²) in [6.07, 6.45) is -14.4. The molecule has 25 atom stereocenters. The minimum atomic E-state index is -1.83. The lowest BCUT2D eigenvalue weighted by Gasteiger charge is -2.60. The monoisotopic (exact) mass is 1950 g/mol. The van der Waals surface area contributed by atoms with Crippen LogP contribution in [0.2, 0.25) is 0 Å². The van der Waals surface area contributed by atoms with Crippen LogP contribution in [0.5, 0.6) is 17.2 Å². The summed E-state index contributed by atoms with van der Waals surface area (Å²) in [6.45, 7) is 20.8. The van der Waals surface area contributed by atoms with Gasteiger partial charge in [-0.15, -0.1) is 0 Å². The molecule has 9 rings (SSSR count). The fraction of sp³-hybridized carbons (Fsp3) is 0.674. The van der Waals surface area contributed by atoms with Crippen LogP contribution in [-0.4, -0.2) is 270 Å². The number of aliphatic hydroxyl groups is 5. The number of ketones is 4. The normalized spacial score (nSPS) is 31.2. The first-order valence-corrected chi connectivity index (χ1v) is 47.4. The molecule has 13 N–H and O–H groups in total. The Morgan fingerprint density at radius 1 is 0.803 bits per heavy atom. The number of halogens is 1. The Kier molecular flexibility index (Phi) is 39.1. The molecule has 6 fully saturated rings. The molecule has 0 aromatic heterocycles. The van der Waals surface area contributed by atoms with Crippen LogP contribution < -0.4 is 47.1 Å². The molecule has 2 aromatic rings. The molecule has 7 aliphatic rings. The van der Waals surface area contributed by atoms with Gasteiger partial charge in [0.05, 0.1) is 89.3 Å². The van der Waals surface area contributed by atoms with E-state index < -0.39 is 185 Å². The second-order valence-corrected chi connectivity index (χ2v) is 39.0. The molecular formula is C89H126IN7O27S3. The summed E-state index contributed by atoms with van der Waals surface area (Å²) in [5.74, 6) is 7.16. The van der Waals surface area contributed by atoms with E-state index in [1.807, 2.05) is 28.7 Å². The Morgan fingerprint density at radius 2 is 1.50 bits per heavy atom. The van der Waals surface area contributed by atoms with Gasteiger partial charge in [0.2, 0.25) is 29.0 Å². The van der Waals surface area contributed by atoms with Crippen LogP contribution in [0.15, 0.2) is 47.6 Å². The minimum absolute atomic E-state index is 0.000890. The number of benzene rings is 2. The third kappa shape index (κ3) is 25.2. The standard InChI is InChI=1S/C89H126IN7O27S3/c1-17-97(87(110)117-42-53-26-28-56(29-27-53)94-81(106)55(24-21-34-93-86(92)109)38-60(100)70(44(2)3)95-82(107)54(36-47(7)98)23-18-19-33-91)59-43-116-65(40-64(59)112-13)122-78-73(104)71(50(10)119-85(78)121-63-25-20-22-46(6)30-32-88-58(37-48(8)99)62(102)41-89(88,111)57(68(63)88)31-35-125-127-45(4)5)96-124-66-39-61(101)80(52(12)118-66)126-83(108)67-49(9)69(90)76(79(115-16)75(67)113-14)123-84-74(105)77(114-15)72(103)51(11)120-84/h22,26-29,31,44-45,50-52,54-55,58-59,61,63-66,68,70-74,77-78,80,84-85,96,101,103-105,111H,17-19,21,23-24,33-43,91H2,1-16H3,(H,94,106)(H,95,107)(H3,92,93,109)/b46-22-,57-31+/t50-,51+,52-,54-,55-,58?,59+,61+,63+,64+,65+,66+,68?,70+,71-,72+,73+,74-,77-,78-,80-,84+,85+,88?,89+/m1/s1. The zero-order chi connectivity index (χ0) is 93.2. The van der Waals surface area contributed by atoms with Crippen molar-refractivity contribution in [1.29, 1.82) is 0 Å². The van der Waals surface area contributed by atoms with E-state index in [1.54, 1.807) is 107 Å². The number of rotatable bonds is 43. The van der Waals surface area contributed by atoms with E-state index in [-0.39, 0.29) is 129 Å². The maximum atomic E-state index is 14.7. The highest BCUT2D eigenvalue weighted by Gasteiger charge is 2.78. The quantitative estimate of drug-likeness (QED) is 0.00780. The molecule has 704 valence electrons. The van der Waals surface area contributed by atoms with Crippen molar-refractivity contribution >= 4 is 114 Å². The number of primary amides is 1. The van der Waals surface area contributed by atoms with Gasteiger partial charge in [-0.25, -0.2) is 9.59 Å². The Balaban J connectivity index is 0.916. The lowest BCUT2D eigenvalue weighted by Crippen LogP contribution is -2.69. The molecule has 34 nitrogen and oxygen atoms in total. The van der Waals surface area contributed by atoms with E-state index in [4.69, 9.17) is 73.1 Å². The van der Waals surface area contributed by atoms with Crippen LogP contribution >= 0.6 is 55.9 Å². The summed E-state index contributed by atoms with van der Waals surface area (Å²) in [4.78, 5) is 130. The Morgan fingerprint density at radius 3 is 2.13 bits per heavy atom. The van der Waals surface area contributed by atoms with Gasteiger partial charge < -0.3 is 124 Å². The molecule has 4 aliphatic heterocycles. The third-order valence-corrected chi connectivity index (χ3v) is 29.6. The number of hydrogen-bond acceptors (Lipinski definition) is 32. The van der Waals surface area contributed by atoms with Crippen LogP contribution in [0.3, 0.4) is 0 Å². The van der Waals surface area contributed by atoms with Gasteiger partial charge in [0.15, 0.2) is 36.2 Å². The topological polar surface area (TPSA) is 478 Å². The number of methoxy groups -OCH3 is 4. The van der Waals surface area contributed by atoms with Crippen LogP contribution in [0.1, 0.15) is 168 Å². The molecule has 38 heteroatoms. The number of carbonyl (C=O) groups excluding carboxylic acids is 9.